The highest BCUT2D eigenvalue weighted by molar-refractivity contribution is 5.55. The smallest absolute Gasteiger partial charge is 0.0368 e. The zero-order chi connectivity index (χ0) is 13.7. The Bertz CT molecular complexity index is 364. The minimum Gasteiger partial charge on any atom is -0.385 e. The summed E-state index contributed by atoms with van der Waals surface area (Å²) in [6.45, 7) is 13.6. The van der Waals surface area contributed by atoms with Gasteiger partial charge >= 0.3 is 0 Å². The van der Waals surface area contributed by atoms with Gasteiger partial charge in [-0.2, -0.15) is 0 Å². The van der Waals surface area contributed by atoms with Crippen LogP contribution in [-0.4, -0.2) is 44.2 Å². The van der Waals surface area contributed by atoms with Crippen molar-refractivity contribution in [3.8, 4) is 0 Å². The Balaban J connectivity index is 1.88. The summed E-state index contributed by atoms with van der Waals surface area (Å²) in [6.07, 6.45) is 0. The maximum atomic E-state index is 3.46. The van der Waals surface area contributed by atoms with Crippen molar-refractivity contribution in [2.45, 2.75) is 20.8 Å². The molecule has 1 aromatic carbocycles. The fraction of sp³-hybridized carbons (Fsp3) is 0.625. The lowest BCUT2D eigenvalue weighted by Crippen LogP contribution is -2.46. The van der Waals surface area contributed by atoms with E-state index < -0.39 is 0 Å². The van der Waals surface area contributed by atoms with E-state index in [0.717, 1.165) is 19.6 Å². The maximum absolute atomic E-state index is 3.46. The lowest BCUT2D eigenvalue weighted by molar-refractivity contribution is 0.271. The Kier molecular flexibility index (Phi) is 5.08. The number of nitrogens with zero attached hydrogens (tertiary/aromatic N) is 2. The number of rotatable bonds is 5. The molecule has 0 saturated carbocycles. The Hall–Kier alpha value is -1.22. The van der Waals surface area contributed by atoms with Crippen LogP contribution < -0.4 is 10.2 Å². The van der Waals surface area contributed by atoms with Crippen molar-refractivity contribution in [2.75, 3.05) is 49.5 Å². The number of anilines is 2. The van der Waals surface area contributed by atoms with Gasteiger partial charge in [-0.3, -0.25) is 0 Å². The highest BCUT2D eigenvalue weighted by Gasteiger charge is 2.15. The van der Waals surface area contributed by atoms with Crippen LogP contribution in [0.3, 0.4) is 0 Å². The third kappa shape index (κ3) is 4.13. The van der Waals surface area contributed by atoms with Crippen LogP contribution in [0.4, 0.5) is 11.4 Å². The van der Waals surface area contributed by atoms with Crippen molar-refractivity contribution >= 4 is 11.4 Å². The molecule has 0 aromatic heterocycles. The van der Waals surface area contributed by atoms with E-state index in [1.807, 2.05) is 0 Å². The van der Waals surface area contributed by atoms with Crippen molar-refractivity contribution in [3.63, 3.8) is 0 Å². The van der Waals surface area contributed by atoms with Crippen LogP contribution in [0, 0.1) is 5.92 Å². The highest BCUT2D eigenvalue weighted by Crippen LogP contribution is 2.19. The van der Waals surface area contributed by atoms with Crippen LogP contribution in [-0.2, 0) is 0 Å². The molecule has 1 fully saturated rings. The van der Waals surface area contributed by atoms with Gasteiger partial charge in [-0.1, -0.05) is 20.8 Å². The van der Waals surface area contributed by atoms with E-state index in [2.05, 4.69) is 60.2 Å². The molecule has 3 heteroatoms. The Morgan fingerprint density at radius 1 is 1.05 bits per heavy atom. The van der Waals surface area contributed by atoms with Gasteiger partial charge in [-0.05, 0) is 36.7 Å². The molecule has 1 N–H and O–H groups in total. The van der Waals surface area contributed by atoms with E-state index in [1.54, 1.807) is 0 Å². The molecular weight excluding hydrogens is 234 g/mol. The molecule has 0 aliphatic carbocycles. The second-order valence-electron chi connectivity index (χ2n) is 5.74. The average molecular weight is 261 g/mol. The number of likely N-dealkylation sites (N-methyl/N-ethyl adjacent to an activating group) is 1. The van der Waals surface area contributed by atoms with Crippen molar-refractivity contribution in [2.24, 2.45) is 5.92 Å². The molecule has 19 heavy (non-hydrogen) atoms. The first-order valence-electron chi connectivity index (χ1n) is 7.50. The van der Waals surface area contributed by atoms with Gasteiger partial charge in [0, 0.05) is 44.1 Å². The summed E-state index contributed by atoms with van der Waals surface area (Å²) in [5.41, 5.74) is 2.58. The van der Waals surface area contributed by atoms with E-state index >= 15 is 0 Å². The van der Waals surface area contributed by atoms with Gasteiger partial charge in [0.05, 0.1) is 0 Å². The number of nitrogens with one attached hydrogen (secondary N) is 1. The normalized spacial score (nSPS) is 16.9. The standard InChI is InChI=1S/C16H27N3/c1-4-18-9-11-19(12-10-18)16-7-5-15(6-8-16)17-13-14(2)3/h5-8,14,17H,4,9-13H2,1-3H3. The fourth-order valence-electron chi connectivity index (χ4n) is 2.43. The van der Waals surface area contributed by atoms with E-state index in [4.69, 9.17) is 0 Å². The van der Waals surface area contributed by atoms with Crippen molar-refractivity contribution in [1.82, 2.24) is 4.90 Å². The zero-order valence-electron chi connectivity index (χ0n) is 12.5. The Morgan fingerprint density at radius 2 is 1.68 bits per heavy atom. The predicted octanol–water partition coefficient (Wildman–Crippen LogP) is 2.90. The summed E-state index contributed by atoms with van der Waals surface area (Å²) < 4.78 is 0. The Morgan fingerprint density at radius 3 is 2.21 bits per heavy atom. The van der Waals surface area contributed by atoms with Crippen molar-refractivity contribution < 1.29 is 0 Å². The SMILES string of the molecule is CCN1CCN(c2ccc(NCC(C)C)cc2)CC1. The van der Waals surface area contributed by atoms with E-state index in [0.29, 0.717) is 5.92 Å². The molecule has 2 rings (SSSR count). The van der Waals surface area contributed by atoms with Crippen molar-refractivity contribution in [3.05, 3.63) is 24.3 Å². The summed E-state index contributed by atoms with van der Waals surface area (Å²) in [7, 11) is 0. The topological polar surface area (TPSA) is 18.5 Å². The third-order valence-corrected chi connectivity index (χ3v) is 3.77. The van der Waals surface area contributed by atoms with E-state index in [9.17, 15) is 0 Å². The number of piperazine rings is 1. The monoisotopic (exact) mass is 261 g/mol. The maximum Gasteiger partial charge on any atom is 0.0368 e. The molecule has 0 spiro atoms. The molecule has 0 radical (unpaired) electrons. The quantitative estimate of drug-likeness (QED) is 0.879. The molecule has 1 saturated heterocycles. The molecule has 0 bridgehead atoms. The first-order chi connectivity index (χ1) is 9.19. The lowest BCUT2D eigenvalue weighted by atomic mass is 10.2. The summed E-state index contributed by atoms with van der Waals surface area (Å²) in [5.74, 6) is 0.682. The molecular formula is C16H27N3. The molecule has 0 atom stereocenters. The lowest BCUT2D eigenvalue weighted by Gasteiger charge is -2.35. The molecule has 0 amide bonds. The minimum absolute atomic E-state index is 0.682. The van der Waals surface area contributed by atoms with Gasteiger partial charge in [0.15, 0.2) is 0 Å². The van der Waals surface area contributed by atoms with Crippen LogP contribution in [0.1, 0.15) is 20.8 Å². The van der Waals surface area contributed by atoms with Crippen LogP contribution in [0.25, 0.3) is 0 Å². The van der Waals surface area contributed by atoms with Gasteiger partial charge in [-0.15, -0.1) is 0 Å². The number of hydrogen-bond acceptors (Lipinski definition) is 3. The number of benzene rings is 1. The van der Waals surface area contributed by atoms with Gasteiger partial charge in [0.1, 0.15) is 0 Å². The Labute approximate surface area is 117 Å². The summed E-state index contributed by atoms with van der Waals surface area (Å²) in [5, 5.41) is 3.46. The minimum atomic E-state index is 0.682. The predicted molar refractivity (Wildman–Crippen MR) is 84.1 cm³/mol. The highest BCUT2D eigenvalue weighted by atomic mass is 15.3. The largest absolute Gasteiger partial charge is 0.385 e. The van der Waals surface area contributed by atoms with Gasteiger partial charge < -0.3 is 15.1 Å². The summed E-state index contributed by atoms with van der Waals surface area (Å²) in [4.78, 5) is 4.99. The van der Waals surface area contributed by atoms with E-state index in [1.165, 1.54) is 31.0 Å². The van der Waals surface area contributed by atoms with Gasteiger partial charge in [0.25, 0.3) is 0 Å². The van der Waals surface area contributed by atoms with Crippen molar-refractivity contribution in [1.29, 1.82) is 0 Å². The third-order valence-electron chi connectivity index (χ3n) is 3.77. The van der Waals surface area contributed by atoms with Crippen LogP contribution in [0.5, 0.6) is 0 Å². The second-order valence-corrected chi connectivity index (χ2v) is 5.74. The molecule has 1 aromatic rings. The molecule has 3 nitrogen and oxygen atoms in total. The molecule has 1 heterocycles. The molecule has 1 aliphatic rings. The van der Waals surface area contributed by atoms with E-state index in [-0.39, 0.29) is 0 Å². The van der Waals surface area contributed by atoms with Gasteiger partial charge in [0.2, 0.25) is 0 Å². The van der Waals surface area contributed by atoms with Crippen LogP contribution in [0.2, 0.25) is 0 Å². The fourth-order valence-corrected chi connectivity index (χ4v) is 2.43. The summed E-state index contributed by atoms with van der Waals surface area (Å²) >= 11 is 0. The number of hydrogen-bond donors (Lipinski definition) is 1. The first kappa shape index (κ1) is 14.2. The average Bonchev–Trinajstić information content (AvgIpc) is 2.46. The van der Waals surface area contributed by atoms with Gasteiger partial charge in [-0.25, -0.2) is 0 Å². The second kappa shape index (κ2) is 6.80. The van der Waals surface area contributed by atoms with Crippen LogP contribution >= 0.6 is 0 Å². The molecule has 106 valence electrons. The summed E-state index contributed by atoms with van der Waals surface area (Å²) in [6, 6.07) is 8.88. The zero-order valence-corrected chi connectivity index (χ0v) is 12.5. The first-order valence-corrected chi connectivity index (χ1v) is 7.50. The molecule has 1 aliphatic heterocycles. The van der Waals surface area contributed by atoms with Crippen LogP contribution in [0.15, 0.2) is 24.3 Å². The molecule has 0 unspecified atom stereocenters.